The van der Waals surface area contributed by atoms with Gasteiger partial charge in [0.05, 0.1) is 19.8 Å². The average Bonchev–Trinajstić information content (AvgIpc) is 2.82. The van der Waals surface area contributed by atoms with Crippen LogP contribution >= 0.6 is 0 Å². The van der Waals surface area contributed by atoms with E-state index in [9.17, 15) is 5.11 Å². The second kappa shape index (κ2) is 7.37. The van der Waals surface area contributed by atoms with Gasteiger partial charge in [0.2, 0.25) is 0 Å². The number of hydrogen-bond donors (Lipinski definition) is 1. The summed E-state index contributed by atoms with van der Waals surface area (Å²) in [5, 5.41) is 12.3. The third-order valence-corrected chi connectivity index (χ3v) is 5.77. The first-order valence-corrected chi connectivity index (χ1v) is 9.68. The fourth-order valence-electron chi connectivity index (χ4n) is 4.18. The van der Waals surface area contributed by atoms with Gasteiger partial charge in [0.15, 0.2) is 0 Å². The highest BCUT2D eigenvalue weighted by Gasteiger charge is 2.22. The molecule has 0 saturated carbocycles. The molecule has 0 bridgehead atoms. The number of nitrogens with zero attached hydrogens (tertiary/aromatic N) is 2. The molecule has 0 amide bonds. The summed E-state index contributed by atoms with van der Waals surface area (Å²) in [5.41, 5.74) is 6.29. The Kier molecular flexibility index (Phi) is 4.94. The number of aliphatic hydroxyl groups is 1. The van der Waals surface area contributed by atoms with Gasteiger partial charge in [-0.25, -0.2) is 0 Å². The van der Waals surface area contributed by atoms with E-state index in [0.717, 1.165) is 37.2 Å². The Morgan fingerprint density at radius 2 is 1.81 bits per heavy atom. The van der Waals surface area contributed by atoms with Crippen LogP contribution in [0.2, 0.25) is 0 Å². The molecule has 4 rings (SSSR count). The van der Waals surface area contributed by atoms with Gasteiger partial charge < -0.3 is 19.3 Å². The molecule has 0 radical (unpaired) electrons. The van der Waals surface area contributed by atoms with Crippen molar-refractivity contribution in [3.05, 3.63) is 64.8 Å². The minimum Gasteiger partial charge on any atom is -0.497 e. The van der Waals surface area contributed by atoms with Crippen LogP contribution in [0.15, 0.2) is 42.5 Å². The molecule has 0 spiro atoms. The third kappa shape index (κ3) is 3.47. The van der Waals surface area contributed by atoms with E-state index in [4.69, 9.17) is 4.74 Å². The molecule has 1 atom stereocenters. The zero-order valence-corrected chi connectivity index (χ0v) is 16.4. The number of hydrogen-bond acceptors (Lipinski definition) is 3. The van der Waals surface area contributed by atoms with E-state index in [0.29, 0.717) is 6.54 Å². The van der Waals surface area contributed by atoms with Crippen molar-refractivity contribution in [1.82, 2.24) is 9.47 Å². The van der Waals surface area contributed by atoms with E-state index in [1.807, 2.05) is 24.3 Å². The number of aryl methyl sites for hydroxylation is 1. The molecule has 0 fully saturated rings. The lowest BCUT2D eigenvalue weighted by Crippen LogP contribution is -2.21. The van der Waals surface area contributed by atoms with Crippen molar-refractivity contribution in [2.75, 3.05) is 27.2 Å². The quantitative estimate of drug-likeness (QED) is 0.767. The molecule has 27 heavy (non-hydrogen) atoms. The normalized spacial score (nSPS) is 16.1. The predicted octanol–water partition coefficient (Wildman–Crippen LogP) is 3.72. The number of ether oxygens (including phenoxy) is 1. The summed E-state index contributed by atoms with van der Waals surface area (Å²) in [6.07, 6.45) is 1.55. The van der Waals surface area contributed by atoms with Crippen molar-refractivity contribution in [2.45, 2.75) is 32.4 Å². The van der Waals surface area contributed by atoms with Gasteiger partial charge in [-0.05, 0) is 55.8 Å². The van der Waals surface area contributed by atoms with Gasteiger partial charge in [-0.15, -0.1) is 0 Å². The van der Waals surface area contributed by atoms with Crippen LogP contribution in [0.4, 0.5) is 0 Å². The van der Waals surface area contributed by atoms with Gasteiger partial charge in [-0.2, -0.15) is 0 Å². The smallest absolute Gasteiger partial charge is 0.118 e. The molecule has 0 aliphatic carbocycles. The molecule has 2 heterocycles. The summed E-state index contributed by atoms with van der Waals surface area (Å²) in [6.45, 7) is 4.87. The Balaban J connectivity index is 1.74. The zero-order valence-electron chi connectivity index (χ0n) is 16.4. The van der Waals surface area contributed by atoms with Crippen LogP contribution in [-0.4, -0.2) is 41.8 Å². The summed E-state index contributed by atoms with van der Waals surface area (Å²) in [5.74, 6) is 0.810. The molecular formula is C23H28N2O2. The van der Waals surface area contributed by atoms with Crippen LogP contribution in [-0.2, 0) is 19.4 Å². The lowest BCUT2D eigenvalue weighted by molar-refractivity contribution is 0.157. The average molecular weight is 364 g/mol. The van der Waals surface area contributed by atoms with Crippen molar-refractivity contribution in [3.63, 3.8) is 0 Å². The number of aromatic nitrogens is 1. The highest BCUT2D eigenvalue weighted by Crippen LogP contribution is 2.32. The van der Waals surface area contributed by atoms with Gasteiger partial charge in [-0.1, -0.05) is 23.8 Å². The number of aliphatic hydroxyl groups excluding tert-OH is 1. The Morgan fingerprint density at radius 3 is 2.56 bits per heavy atom. The molecule has 1 aromatic heterocycles. The zero-order chi connectivity index (χ0) is 19.0. The van der Waals surface area contributed by atoms with Gasteiger partial charge >= 0.3 is 0 Å². The largest absolute Gasteiger partial charge is 0.497 e. The van der Waals surface area contributed by atoms with Gasteiger partial charge in [0.25, 0.3) is 0 Å². The topological polar surface area (TPSA) is 37.6 Å². The van der Waals surface area contributed by atoms with E-state index in [2.05, 4.69) is 41.6 Å². The summed E-state index contributed by atoms with van der Waals surface area (Å²) in [6, 6.07) is 14.4. The molecule has 1 aliphatic rings. The van der Waals surface area contributed by atoms with Crippen molar-refractivity contribution in [1.29, 1.82) is 0 Å². The molecule has 2 aromatic carbocycles. The molecule has 1 unspecified atom stereocenters. The lowest BCUT2D eigenvalue weighted by Gasteiger charge is -2.17. The van der Waals surface area contributed by atoms with Crippen molar-refractivity contribution in [3.8, 4) is 5.75 Å². The van der Waals surface area contributed by atoms with Crippen LogP contribution < -0.4 is 4.74 Å². The Hall–Kier alpha value is -2.30. The highest BCUT2D eigenvalue weighted by atomic mass is 16.5. The standard InChI is InChI=1S/C23H28N2O2/c1-16-4-9-21-20(14-16)19-10-12-24(2)13-11-22(19)25(21)15-23(26)17-5-7-18(27-3)8-6-17/h4-9,14,23,26H,10-13,15H2,1-3H3. The minimum absolute atomic E-state index is 0.544. The molecule has 3 aromatic rings. The van der Waals surface area contributed by atoms with Crippen LogP contribution in [0.1, 0.15) is 28.5 Å². The molecular weight excluding hydrogens is 336 g/mol. The molecule has 4 nitrogen and oxygen atoms in total. The summed E-state index contributed by atoms with van der Waals surface area (Å²) >= 11 is 0. The highest BCUT2D eigenvalue weighted by molar-refractivity contribution is 5.86. The molecule has 4 heteroatoms. The molecule has 0 saturated heterocycles. The summed E-state index contributed by atoms with van der Waals surface area (Å²) < 4.78 is 7.58. The fourth-order valence-corrected chi connectivity index (χ4v) is 4.18. The Morgan fingerprint density at radius 1 is 1.07 bits per heavy atom. The van der Waals surface area contributed by atoms with Gasteiger partial charge in [0, 0.05) is 36.1 Å². The maximum absolute atomic E-state index is 10.9. The van der Waals surface area contributed by atoms with E-state index in [1.165, 1.54) is 27.7 Å². The first-order chi connectivity index (χ1) is 13.1. The van der Waals surface area contributed by atoms with Crippen LogP contribution in [0.25, 0.3) is 10.9 Å². The maximum Gasteiger partial charge on any atom is 0.118 e. The van der Waals surface area contributed by atoms with Crippen LogP contribution in [0, 0.1) is 6.92 Å². The first-order valence-electron chi connectivity index (χ1n) is 9.68. The van der Waals surface area contributed by atoms with E-state index < -0.39 is 6.10 Å². The molecule has 1 aliphatic heterocycles. The van der Waals surface area contributed by atoms with Gasteiger partial charge in [0.1, 0.15) is 5.75 Å². The van der Waals surface area contributed by atoms with Crippen molar-refractivity contribution in [2.24, 2.45) is 0 Å². The van der Waals surface area contributed by atoms with Crippen LogP contribution in [0.5, 0.6) is 5.75 Å². The van der Waals surface area contributed by atoms with Crippen LogP contribution in [0.3, 0.4) is 0 Å². The van der Waals surface area contributed by atoms with E-state index in [1.54, 1.807) is 7.11 Å². The number of benzene rings is 2. The monoisotopic (exact) mass is 364 g/mol. The van der Waals surface area contributed by atoms with E-state index in [-0.39, 0.29) is 0 Å². The number of likely N-dealkylation sites (N-methyl/N-ethyl adjacent to an activating group) is 1. The minimum atomic E-state index is -0.544. The Labute approximate surface area is 161 Å². The first kappa shape index (κ1) is 18.1. The molecule has 1 N–H and O–H groups in total. The van der Waals surface area contributed by atoms with Crippen molar-refractivity contribution >= 4 is 10.9 Å². The predicted molar refractivity (Wildman–Crippen MR) is 110 cm³/mol. The summed E-state index contributed by atoms with van der Waals surface area (Å²) in [4.78, 5) is 2.39. The fraction of sp³-hybridized carbons (Fsp3) is 0.391. The number of methoxy groups -OCH3 is 1. The Bertz CT molecular complexity index is 943. The lowest BCUT2D eigenvalue weighted by atomic mass is 10.1. The SMILES string of the molecule is COc1ccc(C(O)Cn2c3c(c4cc(C)ccc42)CCN(C)CC3)cc1. The maximum atomic E-state index is 10.9. The summed E-state index contributed by atoms with van der Waals surface area (Å²) in [7, 11) is 3.85. The molecule has 142 valence electrons. The number of rotatable bonds is 4. The second-order valence-electron chi connectivity index (χ2n) is 7.65. The van der Waals surface area contributed by atoms with Crippen molar-refractivity contribution < 1.29 is 9.84 Å². The van der Waals surface area contributed by atoms with E-state index >= 15 is 0 Å². The van der Waals surface area contributed by atoms with Gasteiger partial charge in [-0.3, -0.25) is 0 Å². The third-order valence-electron chi connectivity index (χ3n) is 5.77. The second-order valence-corrected chi connectivity index (χ2v) is 7.65. The number of fused-ring (bicyclic) bond motifs is 3.